The number of primary amides is 1. The first-order chi connectivity index (χ1) is 12.0. The first-order valence-corrected chi connectivity index (χ1v) is 10.2. The Morgan fingerprint density at radius 3 is 2.73 bits per heavy atom. The van der Waals surface area contributed by atoms with Crippen LogP contribution < -0.4 is 11.1 Å². The van der Waals surface area contributed by atoms with Crippen LogP contribution in [0.1, 0.15) is 39.0 Å². The Labute approximate surface area is 171 Å². The van der Waals surface area contributed by atoms with Crippen molar-refractivity contribution in [3.05, 3.63) is 37.4 Å². The number of carbonyl (C=O) groups is 2. The first kappa shape index (κ1) is 21.2. The molecule has 1 aliphatic heterocycles. The summed E-state index contributed by atoms with van der Waals surface area (Å²) >= 11 is 8.75. The molecule has 2 aromatic heterocycles. The molecule has 3 heterocycles. The van der Waals surface area contributed by atoms with Crippen molar-refractivity contribution in [3.8, 4) is 0 Å². The molecule has 0 saturated carbocycles. The van der Waals surface area contributed by atoms with Crippen LogP contribution in [0.3, 0.4) is 0 Å². The van der Waals surface area contributed by atoms with Crippen molar-refractivity contribution in [2.45, 2.75) is 32.7 Å². The lowest BCUT2D eigenvalue weighted by molar-refractivity contribution is -0.115. The average molecular weight is 434 g/mol. The van der Waals surface area contributed by atoms with E-state index in [1.807, 2.05) is 6.07 Å². The number of carbonyl (C=O) groups excluding carboxylic acids is 2. The number of fused-ring (bicyclic) bond motifs is 1. The smallest absolute Gasteiger partial charge is 0.251 e. The van der Waals surface area contributed by atoms with Crippen molar-refractivity contribution in [1.29, 1.82) is 0 Å². The normalized spacial score (nSPS) is 13.8. The molecule has 0 atom stereocenters. The van der Waals surface area contributed by atoms with E-state index in [9.17, 15) is 9.59 Å². The Bertz CT molecular complexity index is 804. The molecule has 142 valence electrons. The third kappa shape index (κ3) is 4.78. The molecule has 0 aromatic carbocycles. The van der Waals surface area contributed by atoms with Gasteiger partial charge in [-0.15, -0.1) is 35.1 Å². The first-order valence-electron chi connectivity index (χ1n) is 8.18. The monoisotopic (exact) mass is 433 g/mol. The van der Waals surface area contributed by atoms with Crippen molar-refractivity contribution < 1.29 is 9.59 Å². The fourth-order valence-corrected chi connectivity index (χ4v) is 5.49. The van der Waals surface area contributed by atoms with Crippen molar-refractivity contribution in [2.75, 3.05) is 18.4 Å². The van der Waals surface area contributed by atoms with Gasteiger partial charge in [0.1, 0.15) is 5.00 Å². The summed E-state index contributed by atoms with van der Waals surface area (Å²) in [7, 11) is 0. The van der Waals surface area contributed by atoms with Crippen molar-refractivity contribution in [1.82, 2.24) is 4.90 Å². The molecule has 3 rings (SSSR count). The molecule has 2 amide bonds. The van der Waals surface area contributed by atoms with Crippen LogP contribution in [0, 0.1) is 0 Å². The highest BCUT2D eigenvalue weighted by molar-refractivity contribution is 7.17. The number of anilines is 1. The number of amides is 2. The molecule has 0 unspecified atom stereocenters. The molecule has 26 heavy (non-hydrogen) atoms. The van der Waals surface area contributed by atoms with Crippen molar-refractivity contribution in [3.63, 3.8) is 0 Å². The largest absolute Gasteiger partial charge is 0.365 e. The molecule has 0 spiro atoms. The van der Waals surface area contributed by atoms with E-state index in [0.29, 0.717) is 14.9 Å². The third-order valence-corrected chi connectivity index (χ3v) is 6.50. The fourth-order valence-electron chi connectivity index (χ4n) is 3.09. The van der Waals surface area contributed by atoms with Crippen molar-refractivity contribution in [2.24, 2.45) is 5.73 Å². The zero-order valence-corrected chi connectivity index (χ0v) is 17.5. The summed E-state index contributed by atoms with van der Waals surface area (Å²) in [6.07, 6.45) is 2.12. The highest BCUT2D eigenvalue weighted by atomic mass is 35.5. The number of nitrogens with two attached hydrogens (primary N) is 1. The van der Waals surface area contributed by atoms with Crippen LogP contribution in [0.2, 0.25) is 4.34 Å². The second-order valence-electron chi connectivity index (χ2n) is 6.03. The minimum absolute atomic E-state index is 0. The Morgan fingerprint density at radius 2 is 2.12 bits per heavy atom. The van der Waals surface area contributed by atoms with Gasteiger partial charge >= 0.3 is 0 Å². The molecule has 2 aromatic rings. The Morgan fingerprint density at radius 1 is 1.35 bits per heavy atom. The van der Waals surface area contributed by atoms with Gasteiger partial charge in [-0.3, -0.25) is 14.5 Å². The number of halogens is 2. The van der Waals surface area contributed by atoms with Gasteiger partial charge in [0.15, 0.2) is 0 Å². The minimum atomic E-state index is -0.476. The van der Waals surface area contributed by atoms with Gasteiger partial charge in [0.25, 0.3) is 5.91 Å². The lowest BCUT2D eigenvalue weighted by Crippen LogP contribution is -2.31. The van der Waals surface area contributed by atoms with Gasteiger partial charge in [-0.2, -0.15) is 0 Å². The van der Waals surface area contributed by atoms with Crippen LogP contribution in [0.15, 0.2) is 12.1 Å². The summed E-state index contributed by atoms with van der Waals surface area (Å²) < 4.78 is 0.656. The zero-order chi connectivity index (χ0) is 18.0. The number of thiophene rings is 2. The van der Waals surface area contributed by atoms with Crippen LogP contribution in [-0.2, 0) is 24.2 Å². The van der Waals surface area contributed by atoms with E-state index >= 15 is 0 Å². The van der Waals surface area contributed by atoms with Gasteiger partial charge in [-0.1, -0.05) is 18.5 Å². The molecule has 0 radical (unpaired) electrons. The maximum atomic E-state index is 12.3. The molecular formula is C17H21Cl2N3O2S2. The molecule has 1 aliphatic rings. The van der Waals surface area contributed by atoms with E-state index < -0.39 is 5.91 Å². The predicted molar refractivity (Wildman–Crippen MR) is 111 cm³/mol. The molecule has 0 saturated heterocycles. The number of nitrogens with zero attached hydrogens (tertiary/aromatic N) is 1. The van der Waals surface area contributed by atoms with E-state index in [-0.39, 0.29) is 24.7 Å². The van der Waals surface area contributed by atoms with Crippen LogP contribution in [-0.4, -0.2) is 29.8 Å². The summed E-state index contributed by atoms with van der Waals surface area (Å²) in [5.41, 5.74) is 7.08. The van der Waals surface area contributed by atoms with E-state index in [4.69, 9.17) is 17.3 Å². The Balaban J connectivity index is 0.00000243. The van der Waals surface area contributed by atoms with Gasteiger partial charge in [0, 0.05) is 22.8 Å². The fraction of sp³-hybridized carbons (Fsp3) is 0.412. The maximum absolute atomic E-state index is 12.3. The minimum Gasteiger partial charge on any atom is -0.365 e. The number of hydrogen-bond acceptors (Lipinski definition) is 5. The second kappa shape index (κ2) is 9.19. The van der Waals surface area contributed by atoms with E-state index in [2.05, 4.69) is 17.1 Å². The van der Waals surface area contributed by atoms with Crippen LogP contribution in [0.25, 0.3) is 0 Å². The van der Waals surface area contributed by atoms with Crippen molar-refractivity contribution >= 4 is 63.5 Å². The van der Waals surface area contributed by atoms with Crippen LogP contribution >= 0.6 is 46.7 Å². The lowest BCUT2D eigenvalue weighted by atomic mass is 10.0. The SMILES string of the molecule is CCCN1CCc2c(sc(NC(=O)Cc3ccc(Cl)s3)c2C(N)=O)C1.Cl. The number of hydrogen-bond donors (Lipinski definition) is 2. The van der Waals surface area contributed by atoms with E-state index in [1.54, 1.807) is 6.07 Å². The second-order valence-corrected chi connectivity index (χ2v) is 8.93. The topological polar surface area (TPSA) is 75.4 Å². The van der Waals surface area contributed by atoms with E-state index in [1.165, 1.54) is 22.7 Å². The quantitative estimate of drug-likeness (QED) is 0.724. The number of rotatable bonds is 6. The summed E-state index contributed by atoms with van der Waals surface area (Å²) in [6.45, 7) is 4.91. The lowest BCUT2D eigenvalue weighted by Gasteiger charge is -2.26. The van der Waals surface area contributed by atoms with Gasteiger partial charge in [-0.25, -0.2) is 0 Å². The Hall–Kier alpha value is -1.12. The maximum Gasteiger partial charge on any atom is 0.251 e. The summed E-state index contributed by atoms with van der Waals surface area (Å²) in [5.74, 6) is -0.638. The molecule has 0 fully saturated rings. The molecule has 3 N–H and O–H groups in total. The van der Waals surface area contributed by atoms with Gasteiger partial charge < -0.3 is 11.1 Å². The highest BCUT2D eigenvalue weighted by Gasteiger charge is 2.27. The molecule has 9 heteroatoms. The van der Waals surface area contributed by atoms with Gasteiger partial charge in [-0.05, 0) is 37.1 Å². The average Bonchev–Trinajstić information content (AvgIpc) is 3.10. The molecule has 5 nitrogen and oxygen atoms in total. The van der Waals surface area contributed by atoms with Gasteiger partial charge in [0.2, 0.25) is 5.91 Å². The molecule has 0 bridgehead atoms. The van der Waals surface area contributed by atoms with Gasteiger partial charge in [0.05, 0.1) is 16.3 Å². The summed E-state index contributed by atoms with van der Waals surface area (Å²) in [4.78, 5) is 28.7. The Kier molecular flexibility index (Phi) is 7.49. The number of nitrogens with one attached hydrogen (secondary N) is 1. The predicted octanol–water partition coefficient (Wildman–Crippen LogP) is 3.93. The zero-order valence-electron chi connectivity index (χ0n) is 14.3. The molecule has 0 aliphatic carbocycles. The van der Waals surface area contributed by atoms with Crippen LogP contribution in [0.5, 0.6) is 0 Å². The summed E-state index contributed by atoms with van der Waals surface area (Å²) in [6, 6.07) is 3.61. The van der Waals surface area contributed by atoms with E-state index in [0.717, 1.165) is 47.8 Å². The molecular weight excluding hydrogens is 413 g/mol. The van der Waals surface area contributed by atoms with Crippen LogP contribution in [0.4, 0.5) is 5.00 Å². The third-order valence-electron chi connectivity index (χ3n) is 4.14. The standard InChI is InChI=1S/C17H20ClN3O2S2.ClH/c1-2-6-21-7-5-11-12(9-21)25-17(15(11)16(19)23)20-14(22)8-10-3-4-13(18)24-10;/h3-4H,2,5-9H2,1H3,(H2,19,23)(H,20,22);1H. The highest BCUT2D eigenvalue weighted by Crippen LogP contribution is 2.37. The summed E-state index contributed by atoms with van der Waals surface area (Å²) in [5, 5.41) is 3.45.